The first-order chi connectivity index (χ1) is 16.0. The number of benzene rings is 2. The van der Waals surface area contributed by atoms with Gasteiger partial charge in [-0.25, -0.2) is 4.79 Å². The highest BCUT2D eigenvalue weighted by Crippen LogP contribution is 2.45. The lowest BCUT2D eigenvalue weighted by Gasteiger charge is -2.13. The summed E-state index contributed by atoms with van der Waals surface area (Å²) in [4.78, 5) is 24.6. The van der Waals surface area contributed by atoms with E-state index in [0.717, 1.165) is 22.4 Å². The van der Waals surface area contributed by atoms with Gasteiger partial charge in [-0.05, 0) is 36.8 Å². The van der Waals surface area contributed by atoms with Crippen molar-refractivity contribution in [2.75, 3.05) is 32.7 Å². The number of ether oxygens (including phenoxy) is 3. The summed E-state index contributed by atoms with van der Waals surface area (Å²) < 4.78 is 17.1. The molecule has 9 nitrogen and oxygen atoms in total. The standard InChI is InChI=1S/C24H26N4O5/c1-4-33-21(29)10-11-25-24(30)28-23(26-16-8-6-5-7-9-16)18-12-15-13-19(31-2)20(32-3)14-17(15)22(18)27-28/h5-9,13-14,26H,4,10-12H2,1-3H3,(H,25,30). The monoisotopic (exact) mass is 450 g/mol. The molecule has 172 valence electrons. The molecule has 0 radical (unpaired) electrons. The van der Waals surface area contributed by atoms with Crippen molar-refractivity contribution in [2.45, 2.75) is 19.8 Å². The van der Waals surface area contributed by atoms with Gasteiger partial charge in [0.05, 0.1) is 32.9 Å². The molecule has 0 bridgehead atoms. The zero-order chi connectivity index (χ0) is 23.4. The molecule has 9 heteroatoms. The van der Waals surface area contributed by atoms with Gasteiger partial charge in [-0.3, -0.25) is 4.79 Å². The molecule has 1 aliphatic carbocycles. The third-order valence-corrected chi connectivity index (χ3v) is 5.35. The van der Waals surface area contributed by atoms with Crippen molar-refractivity contribution in [1.82, 2.24) is 15.1 Å². The second kappa shape index (κ2) is 9.64. The van der Waals surface area contributed by atoms with Crippen molar-refractivity contribution in [2.24, 2.45) is 0 Å². The highest BCUT2D eigenvalue weighted by Gasteiger charge is 2.31. The molecular formula is C24H26N4O5. The first kappa shape index (κ1) is 22.2. The van der Waals surface area contributed by atoms with Gasteiger partial charge in [0.2, 0.25) is 0 Å². The van der Waals surface area contributed by atoms with Gasteiger partial charge >= 0.3 is 12.0 Å². The summed E-state index contributed by atoms with van der Waals surface area (Å²) >= 11 is 0. The largest absolute Gasteiger partial charge is 0.493 e. The van der Waals surface area contributed by atoms with Gasteiger partial charge in [0, 0.05) is 29.8 Å². The zero-order valence-corrected chi connectivity index (χ0v) is 18.8. The average Bonchev–Trinajstić information content (AvgIpc) is 3.35. The van der Waals surface area contributed by atoms with Crippen molar-refractivity contribution < 1.29 is 23.8 Å². The number of anilines is 2. The van der Waals surface area contributed by atoms with Gasteiger partial charge in [-0.1, -0.05) is 18.2 Å². The SMILES string of the molecule is CCOC(=O)CCNC(=O)n1nc2c(c1Nc1ccccc1)Cc1cc(OC)c(OC)cc1-2. The fraction of sp³-hybridized carbons (Fsp3) is 0.292. The van der Waals surface area contributed by atoms with Crippen LogP contribution in [0, 0.1) is 0 Å². The van der Waals surface area contributed by atoms with Gasteiger partial charge in [-0.2, -0.15) is 9.78 Å². The van der Waals surface area contributed by atoms with Gasteiger partial charge in [0.1, 0.15) is 5.82 Å². The van der Waals surface area contributed by atoms with E-state index in [1.165, 1.54) is 4.68 Å². The van der Waals surface area contributed by atoms with E-state index in [2.05, 4.69) is 15.7 Å². The van der Waals surface area contributed by atoms with Crippen LogP contribution < -0.4 is 20.1 Å². The van der Waals surface area contributed by atoms with Gasteiger partial charge < -0.3 is 24.8 Å². The van der Waals surface area contributed by atoms with Crippen LogP contribution in [0.25, 0.3) is 11.3 Å². The van der Waals surface area contributed by atoms with Crippen LogP contribution in [0.2, 0.25) is 0 Å². The molecule has 0 spiro atoms. The second-order valence-electron chi connectivity index (χ2n) is 7.41. The number of methoxy groups -OCH3 is 2. The van der Waals surface area contributed by atoms with E-state index in [4.69, 9.17) is 14.2 Å². The van der Waals surface area contributed by atoms with Crippen LogP contribution in [0.3, 0.4) is 0 Å². The van der Waals surface area contributed by atoms with Crippen LogP contribution in [0.5, 0.6) is 11.5 Å². The molecule has 2 aromatic carbocycles. The van der Waals surface area contributed by atoms with Gasteiger partial charge in [0.25, 0.3) is 0 Å². The Hall–Kier alpha value is -4.01. The topological polar surface area (TPSA) is 104 Å². The van der Waals surface area contributed by atoms with Crippen LogP contribution >= 0.6 is 0 Å². The van der Waals surface area contributed by atoms with Crippen molar-refractivity contribution in [3.63, 3.8) is 0 Å². The molecule has 1 heterocycles. The fourth-order valence-electron chi connectivity index (χ4n) is 3.83. The molecule has 0 unspecified atom stereocenters. The lowest BCUT2D eigenvalue weighted by atomic mass is 10.1. The fourth-order valence-corrected chi connectivity index (χ4v) is 3.83. The Morgan fingerprint density at radius 2 is 1.82 bits per heavy atom. The molecule has 0 fully saturated rings. The van der Waals surface area contributed by atoms with E-state index < -0.39 is 6.03 Å². The van der Waals surface area contributed by atoms with Gasteiger partial charge in [0.15, 0.2) is 11.5 Å². The molecule has 33 heavy (non-hydrogen) atoms. The molecule has 1 aliphatic rings. The quantitative estimate of drug-likeness (QED) is 0.394. The molecule has 0 aliphatic heterocycles. The Labute approximate surface area is 191 Å². The number of rotatable bonds is 8. The lowest BCUT2D eigenvalue weighted by molar-refractivity contribution is -0.142. The second-order valence-corrected chi connectivity index (χ2v) is 7.41. The van der Waals surface area contributed by atoms with E-state index in [0.29, 0.717) is 36.0 Å². The highest BCUT2D eigenvalue weighted by atomic mass is 16.5. The van der Waals surface area contributed by atoms with Crippen molar-refractivity contribution in [3.05, 3.63) is 53.6 Å². The Morgan fingerprint density at radius 1 is 1.09 bits per heavy atom. The molecule has 1 amide bonds. The third-order valence-electron chi connectivity index (χ3n) is 5.35. The Morgan fingerprint density at radius 3 is 2.52 bits per heavy atom. The Balaban J connectivity index is 1.68. The predicted molar refractivity (Wildman–Crippen MR) is 123 cm³/mol. The molecule has 0 saturated heterocycles. The Bertz CT molecular complexity index is 1170. The maximum atomic E-state index is 13.0. The molecule has 1 aromatic heterocycles. The van der Waals surface area contributed by atoms with Crippen molar-refractivity contribution in [3.8, 4) is 22.8 Å². The zero-order valence-electron chi connectivity index (χ0n) is 18.8. The number of amides is 1. The summed E-state index contributed by atoms with van der Waals surface area (Å²) in [5.41, 5.74) is 4.34. The van der Waals surface area contributed by atoms with E-state index >= 15 is 0 Å². The number of hydrogen-bond acceptors (Lipinski definition) is 7. The van der Waals surface area contributed by atoms with E-state index in [-0.39, 0.29) is 18.9 Å². The number of aromatic nitrogens is 2. The number of carbonyl (C=O) groups excluding carboxylic acids is 2. The minimum atomic E-state index is -0.436. The number of para-hydroxylation sites is 1. The maximum Gasteiger partial charge on any atom is 0.344 e. The van der Waals surface area contributed by atoms with Crippen LogP contribution in [0.4, 0.5) is 16.3 Å². The summed E-state index contributed by atoms with van der Waals surface area (Å²) in [6.45, 7) is 2.19. The summed E-state index contributed by atoms with van der Waals surface area (Å²) in [6, 6.07) is 12.9. The van der Waals surface area contributed by atoms with E-state index in [1.54, 1.807) is 21.1 Å². The lowest BCUT2D eigenvalue weighted by Crippen LogP contribution is -2.32. The molecule has 0 atom stereocenters. The summed E-state index contributed by atoms with van der Waals surface area (Å²) in [6.07, 6.45) is 0.665. The van der Waals surface area contributed by atoms with Crippen molar-refractivity contribution >= 4 is 23.5 Å². The molecule has 0 saturated carbocycles. The first-order valence-corrected chi connectivity index (χ1v) is 10.7. The summed E-state index contributed by atoms with van der Waals surface area (Å²) in [5, 5.41) is 10.7. The predicted octanol–water partition coefficient (Wildman–Crippen LogP) is 3.73. The number of fused-ring (bicyclic) bond motifs is 3. The maximum absolute atomic E-state index is 13.0. The summed E-state index contributed by atoms with van der Waals surface area (Å²) in [7, 11) is 3.18. The summed E-state index contributed by atoms with van der Waals surface area (Å²) in [5.74, 6) is 1.44. The molecule has 4 rings (SSSR count). The minimum Gasteiger partial charge on any atom is -0.493 e. The van der Waals surface area contributed by atoms with E-state index in [1.807, 2.05) is 42.5 Å². The molecular weight excluding hydrogens is 424 g/mol. The molecule has 3 aromatic rings. The number of nitrogens with zero attached hydrogens (tertiary/aromatic N) is 2. The third kappa shape index (κ3) is 4.48. The number of carbonyl (C=O) groups is 2. The van der Waals surface area contributed by atoms with Crippen LogP contribution in [0.1, 0.15) is 24.5 Å². The van der Waals surface area contributed by atoms with Crippen LogP contribution in [-0.4, -0.2) is 49.2 Å². The van der Waals surface area contributed by atoms with E-state index in [9.17, 15) is 9.59 Å². The van der Waals surface area contributed by atoms with Crippen LogP contribution in [-0.2, 0) is 16.0 Å². The van der Waals surface area contributed by atoms with Crippen molar-refractivity contribution in [1.29, 1.82) is 0 Å². The van der Waals surface area contributed by atoms with Gasteiger partial charge in [-0.15, -0.1) is 0 Å². The number of esters is 1. The van der Waals surface area contributed by atoms with Crippen LogP contribution in [0.15, 0.2) is 42.5 Å². The first-order valence-electron chi connectivity index (χ1n) is 10.7. The Kier molecular flexibility index (Phi) is 6.48. The number of nitrogens with one attached hydrogen (secondary N) is 2. The smallest absolute Gasteiger partial charge is 0.344 e. The average molecular weight is 450 g/mol. The molecule has 2 N–H and O–H groups in total. The number of hydrogen-bond donors (Lipinski definition) is 2. The highest BCUT2D eigenvalue weighted by molar-refractivity contribution is 5.88. The minimum absolute atomic E-state index is 0.0852. The normalized spacial score (nSPS) is 11.4.